The van der Waals surface area contributed by atoms with E-state index < -0.39 is 0 Å². The molecule has 22 heavy (non-hydrogen) atoms. The number of urea groups is 1. The average Bonchev–Trinajstić information content (AvgIpc) is 3.20. The lowest BCUT2D eigenvalue weighted by molar-refractivity contribution is 0.190. The summed E-state index contributed by atoms with van der Waals surface area (Å²) in [5, 5.41) is 7.03. The Morgan fingerprint density at radius 1 is 1.41 bits per heavy atom. The SMILES string of the molecule is CCS[C@@H]1CC[C@H](NC(=O)N2CCN(c3nccs3)CC2)C1. The van der Waals surface area contributed by atoms with Gasteiger partial charge in [0.1, 0.15) is 0 Å². The highest BCUT2D eigenvalue weighted by atomic mass is 32.2. The molecule has 7 heteroatoms. The standard InChI is InChI=1S/C15H24N4OS2/c1-2-21-13-4-3-12(11-13)17-14(20)18-6-8-19(9-7-18)15-16-5-10-22-15/h5,10,12-13H,2-4,6-9,11H2,1H3,(H,17,20)/t12-,13+/m0/s1. The van der Waals surface area contributed by atoms with E-state index in [0.29, 0.717) is 6.04 Å². The number of nitrogens with one attached hydrogen (secondary N) is 1. The number of hydrogen-bond donors (Lipinski definition) is 1. The fourth-order valence-corrected chi connectivity index (χ4v) is 5.04. The molecule has 1 aromatic rings. The zero-order valence-electron chi connectivity index (χ0n) is 13.0. The minimum atomic E-state index is 0.117. The van der Waals surface area contributed by atoms with Crippen molar-refractivity contribution >= 4 is 34.3 Å². The first-order valence-electron chi connectivity index (χ1n) is 8.07. The molecule has 5 nitrogen and oxygen atoms in total. The van der Waals surface area contributed by atoms with Crippen LogP contribution in [0.1, 0.15) is 26.2 Å². The van der Waals surface area contributed by atoms with Crippen LogP contribution in [0, 0.1) is 0 Å². The highest BCUT2D eigenvalue weighted by molar-refractivity contribution is 7.99. The fourth-order valence-electron chi connectivity index (χ4n) is 3.20. The van der Waals surface area contributed by atoms with E-state index in [0.717, 1.165) is 49.4 Å². The average molecular weight is 341 g/mol. The number of amides is 2. The van der Waals surface area contributed by atoms with Crippen LogP contribution >= 0.6 is 23.1 Å². The molecule has 1 saturated heterocycles. The van der Waals surface area contributed by atoms with Gasteiger partial charge >= 0.3 is 6.03 Å². The molecule has 0 unspecified atom stereocenters. The molecule has 0 radical (unpaired) electrons. The van der Waals surface area contributed by atoms with Gasteiger partial charge in [0.05, 0.1) is 0 Å². The summed E-state index contributed by atoms with van der Waals surface area (Å²) in [4.78, 5) is 20.9. The minimum Gasteiger partial charge on any atom is -0.345 e. The highest BCUT2D eigenvalue weighted by Gasteiger charge is 2.28. The molecule has 0 aromatic carbocycles. The van der Waals surface area contributed by atoms with Crippen molar-refractivity contribution in [2.45, 2.75) is 37.5 Å². The van der Waals surface area contributed by atoms with Gasteiger partial charge in [0, 0.05) is 49.0 Å². The van der Waals surface area contributed by atoms with Gasteiger partial charge in [-0.15, -0.1) is 11.3 Å². The Bertz CT molecular complexity index is 474. The topological polar surface area (TPSA) is 48.5 Å². The fraction of sp³-hybridized carbons (Fsp3) is 0.733. The molecule has 2 amide bonds. The molecule has 0 bridgehead atoms. The van der Waals surface area contributed by atoms with Crippen molar-refractivity contribution in [2.24, 2.45) is 0 Å². The zero-order valence-corrected chi connectivity index (χ0v) is 14.7. The lowest BCUT2D eigenvalue weighted by Gasteiger charge is -2.35. The number of carbonyl (C=O) groups is 1. The van der Waals surface area contributed by atoms with Crippen molar-refractivity contribution < 1.29 is 4.79 Å². The van der Waals surface area contributed by atoms with Crippen molar-refractivity contribution in [2.75, 3.05) is 36.8 Å². The molecule has 1 aromatic heterocycles. The molecule has 122 valence electrons. The second kappa shape index (κ2) is 7.55. The lowest BCUT2D eigenvalue weighted by Crippen LogP contribution is -2.53. The van der Waals surface area contributed by atoms with Crippen LogP contribution in [0.15, 0.2) is 11.6 Å². The van der Waals surface area contributed by atoms with E-state index in [4.69, 9.17) is 0 Å². The number of carbonyl (C=O) groups excluding carboxylic acids is 1. The lowest BCUT2D eigenvalue weighted by atomic mass is 10.2. The Morgan fingerprint density at radius 2 is 2.23 bits per heavy atom. The predicted molar refractivity (Wildman–Crippen MR) is 94.0 cm³/mol. The van der Waals surface area contributed by atoms with E-state index in [-0.39, 0.29) is 6.03 Å². The quantitative estimate of drug-likeness (QED) is 0.915. The van der Waals surface area contributed by atoms with Gasteiger partial charge < -0.3 is 15.1 Å². The van der Waals surface area contributed by atoms with Crippen LogP contribution in [-0.4, -0.2) is 59.1 Å². The monoisotopic (exact) mass is 340 g/mol. The summed E-state index contributed by atoms with van der Waals surface area (Å²) < 4.78 is 0. The molecule has 0 spiro atoms. The van der Waals surface area contributed by atoms with E-state index in [1.165, 1.54) is 12.2 Å². The summed E-state index contributed by atoms with van der Waals surface area (Å²) in [6.07, 6.45) is 5.33. The van der Waals surface area contributed by atoms with Crippen LogP contribution in [0.3, 0.4) is 0 Å². The maximum Gasteiger partial charge on any atom is 0.317 e. The Morgan fingerprint density at radius 3 is 2.91 bits per heavy atom. The van der Waals surface area contributed by atoms with Gasteiger partial charge in [0.15, 0.2) is 5.13 Å². The van der Waals surface area contributed by atoms with Crippen molar-refractivity contribution in [1.29, 1.82) is 0 Å². The first-order valence-corrected chi connectivity index (χ1v) is 10.0. The second-order valence-corrected chi connectivity index (χ2v) is 8.28. The number of thioether (sulfide) groups is 1. The molecule has 1 aliphatic heterocycles. The van der Waals surface area contributed by atoms with Crippen molar-refractivity contribution in [1.82, 2.24) is 15.2 Å². The molecule has 1 saturated carbocycles. The number of hydrogen-bond acceptors (Lipinski definition) is 5. The third-order valence-corrected chi connectivity index (χ3v) is 6.44. The highest BCUT2D eigenvalue weighted by Crippen LogP contribution is 2.29. The summed E-state index contributed by atoms with van der Waals surface area (Å²) in [6, 6.07) is 0.486. The normalized spacial score (nSPS) is 25.5. The predicted octanol–water partition coefficient (Wildman–Crippen LogP) is 2.65. The summed E-state index contributed by atoms with van der Waals surface area (Å²) in [5.74, 6) is 1.17. The number of nitrogens with zero attached hydrogens (tertiary/aromatic N) is 3. The molecule has 1 N–H and O–H groups in total. The van der Waals surface area contributed by atoms with Gasteiger partial charge in [-0.2, -0.15) is 11.8 Å². The largest absolute Gasteiger partial charge is 0.345 e. The third kappa shape index (κ3) is 3.87. The summed E-state index contributed by atoms with van der Waals surface area (Å²) in [7, 11) is 0. The molecular weight excluding hydrogens is 316 g/mol. The van der Waals surface area contributed by atoms with E-state index >= 15 is 0 Å². The molecule has 1 aliphatic carbocycles. The summed E-state index contributed by atoms with van der Waals surface area (Å²) in [6.45, 7) is 5.52. The molecule has 2 heterocycles. The number of piperazine rings is 1. The van der Waals surface area contributed by atoms with Crippen molar-refractivity contribution in [3.63, 3.8) is 0 Å². The van der Waals surface area contributed by atoms with Crippen molar-refractivity contribution in [3.05, 3.63) is 11.6 Å². The number of rotatable bonds is 4. The van der Waals surface area contributed by atoms with Crippen LogP contribution in [-0.2, 0) is 0 Å². The Hall–Kier alpha value is -0.950. The zero-order chi connectivity index (χ0) is 15.4. The van der Waals surface area contributed by atoms with Gasteiger partial charge in [0.2, 0.25) is 0 Å². The maximum atomic E-state index is 12.4. The van der Waals surface area contributed by atoms with E-state index in [1.807, 2.05) is 28.2 Å². The van der Waals surface area contributed by atoms with Gasteiger partial charge in [-0.25, -0.2) is 9.78 Å². The van der Waals surface area contributed by atoms with Gasteiger partial charge in [-0.05, 0) is 25.0 Å². The summed E-state index contributed by atoms with van der Waals surface area (Å²) in [5.41, 5.74) is 0. The Balaban J connectivity index is 1.42. The molecule has 3 rings (SSSR count). The van der Waals surface area contributed by atoms with Crippen LogP contribution in [0.25, 0.3) is 0 Å². The smallest absolute Gasteiger partial charge is 0.317 e. The maximum absolute atomic E-state index is 12.4. The van der Waals surface area contributed by atoms with E-state index in [2.05, 4.69) is 22.1 Å². The number of anilines is 1. The Kier molecular flexibility index (Phi) is 5.46. The van der Waals surface area contributed by atoms with Gasteiger partial charge in [-0.1, -0.05) is 6.92 Å². The van der Waals surface area contributed by atoms with Crippen molar-refractivity contribution in [3.8, 4) is 0 Å². The number of thiazole rings is 1. The third-order valence-electron chi connectivity index (χ3n) is 4.37. The minimum absolute atomic E-state index is 0.117. The van der Waals surface area contributed by atoms with E-state index in [1.54, 1.807) is 11.3 Å². The van der Waals surface area contributed by atoms with Crippen LogP contribution in [0.4, 0.5) is 9.93 Å². The van der Waals surface area contributed by atoms with Gasteiger partial charge in [-0.3, -0.25) is 0 Å². The number of aromatic nitrogens is 1. The van der Waals surface area contributed by atoms with Crippen LogP contribution in [0.5, 0.6) is 0 Å². The molecular formula is C15H24N4OS2. The second-order valence-electron chi connectivity index (χ2n) is 5.83. The van der Waals surface area contributed by atoms with Crippen LogP contribution < -0.4 is 10.2 Å². The van der Waals surface area contributed by atoms with E-state index in [9.17, 15) is 4.79 Å². The van der Waals surface area contributed by atoms with Gasteiger partial charge in [0.25, 0.3) is 0 Å². The molecule has 2 fully saturated rings. The molecule has 2 aliphatic rings. The summed E-state index contributed by atoms with van der Waals surface area (Å²) >= 11 is 3.69. The Labute approximate surface area is 140 Å². The van der Waals surface area contributed by atoms with Crippen LogP contribution in [0.2, 0.25) is 0 Å². The first kappa shape index (κ1) is 15.9. The first-order chi connectivity index (χ1) is 10.8. The molecule has 2 atom stereocenters.